The van der Waals surface area contributed by atoms with Crippen molar-refractivity contribution in [3.8, 4) is 0 Å². The first-order valence-electron chi connectivity index (χ1n) is 12.5. The van der Waals surface area contributed by atoms with Crippen LogP contribution in [0.2, 0.25) is 0 Å². The number of nitrogens with one attached hydrogen (secondary N) is 2. The zero-order valence-electron chi connectivity index (χ0n) is 20.8. The molecule has 0 aromatic heterocycles. The molecule has 1 fully saturated rings. The summed E-state index contributed by atoms with van der Waals surface area (Å²) in [6.45, 7) is 11.7. The third-order valence-electron chi connectivity index (χ3n) is 7.79. The summed E-state index contributed by atoms with van der Waals surface area (Å²) in [5.41, 5.74) is 6.69. The Labute approximate surface area is 204 Å². The number of hydrogen-bond donors (Lipinski definition) is 2. The molecule has 1 saturated heterocycles. The van der Waals surface area contributed by atoms with E-state index in [1.807, 2.05) is 0 Å². The van der Waals surface area contributed by atoms with E-state index < -0.39 is 0 Å². The summed E-state index contributed by atoms with van der Waals surface area (Å²) < 4.78 is 11.4. The van der Waals surface area contributed by atoms with Crippen molar-refractivity contribution in [3.63, 3.8) is 0 Å². The molecule has 0 bridgehead atoms. The summed E-state index contributed by atoms with van der Waals surface area (Å²) in [4.78, 5) is 1.50. The van der Waals surface area contributed by atoms with Gasteiger partial charge in [0, 0.05) is 28.8 Å². The fourth-order valence-corrected chi connectivity index (χ4v) is 5.81. The number of rotatable bonds is 6. The molecule has 5 rings (SSSR count). The molecule has 3 aliphatic rings. The molecule has 34 heavy (non-hydrogen) atoms. The van der Waals surface area contributed by atoms with Gasteiger partial charge in [0.15, 0.2) is 6.29 Å². The van der Waals surface area contributed by atoms with Crippen molar-refractivity contribution in [3.05, 3.63) is 95.7 Å². The van der Waals surface area contributed by atoms with Gasteiger partial charge in [-0.2, -0.15) is 0 Å². The first-order chi connectivity index (χ1) is 16.4. The first-order valence-corrected chi connectivity index (χ1v) is 12.5. The van der Waals surface area contributed by atoms with Gasteiger partial charge in [-0.15, -0.1) is 0 Å². The number of allylic oxidation sites excluding steroid dienone is 5. The van der Waals surface area contributed by atoms with Gasteiger partial charge in [-0.25, -0.2) is 0 Å². The molecule has 0 aliphatic carbocycles. The molecule has 4 nitrogen and oxygen atoms in total. The van der Waals surface area contributed by atoms with Crippen LogP contribution in [-0.2, 0) is 20.3 Å². The zero-order valence-corrected chi connectivity index (χ0v) is 20.8. The molecule has 0 spiro atoms. The highest BCUT2D eigenvalue weighted by Gasteiger charge is 2.47. The van der Waals surface area contributed by atoms with E-state index in [1.54, 1.807) is 0 Å². The van der Waals surface area contributed by atoms with Gasteiger partial charge < -0.3 is 14.8 Å². The lowest BCUT2D eigenvalue weighted by molar-refractivity contribution is -0.851. The van der Waals surface area contributed by atoms with E-state index in [0.29, 0.717) is 19.3 Å². The molecule has 0 radical (unpaired) electrons. The minimum atomic E-state index is -0.0640. The van der Waals surface area contributed by atoms with Crippen molar-refractivity contribution in [2.45, 2.75) is 57.3 Å². The van der Waals surface area contributed by atoms with E-state index in [2.05, 4.69) is 112 Å². The highest BCUT2D eigenvalue weighted by molar-refractivity contribution is 5.68. The maximum Gasteiger partial charge on any atom is 0.163 e. The van der Waals surface area contributed by atoms with Crippen LogP contribution >= 0.6 is 0 Å². The SMILES string of the molecule is CC1(C)C(=CC=CC=CC2[NH+](CCC3OCCO3)c3ccccc3C2(C)C)Nc2ccccc21. The normalized spacial score (nSPS) is 26.4. The summed E-state index contributed by atoms with van der Waals surface area (Å²) in [7, 11) is 0. The molecule has 2 aromatic rings. The van der Waals surface area contributed by atoms with Crippen molar-refractivity contribution < 1.29 is 14.4 Å². The minimum absolute atomic E-state index is 0.00887. The van der Waals surface area contributed by atoms with Crippen LogP contribution in [-0.4, -0.2) is 32.1 Å². The molecule has 3 heterocycles. The summed E-state index contributed by atoms with van der Waals surface area (Å²) >= 11 is 0. The molecule has 2 N–H and O–H groups in total. The number of fused-ring (bicyclic) bond motifs is 2. The highest BCUT2D eigenvalue weighted by atomic mass is 16.7. The minimum Gasteiger partial charge on any atom is -0.358 e. The Balaban J connectivity index is 1.32. The van der Waals surface area contributed by atoms with Crippen LogP contribution < -0.4 is 10.2 Å². The molecular weight excluding hydrogens is 420 g/mol. The Hall–Kier alpha value is -2.66. The Morgan fingerprint density at radius 2 is 1.62 bits per heavy atom. The van der Waals surface area contributed by atoms with Crippen molar-refractivity contribution in [1.29, 1.82) is 0 Å². The van der Waals surface area contributed by atoms with E-state index in [1.165, 1.54) is 33.1 Å². The molecular formula is C30H37N2O2+. The van der Waals surface area contributed by atoms with Gasteiger partial charge in [-0.1, -0.05) is 68.5 Å². The van der Waals surface area contributed by atoms with Gasteiger partial charge >= 0.3 is 0 Å². The van der Waals surface area contributed by atoms with Gasteiger partial charge in [0.2, 0.25) is 0 Å². The molecule has 2 unspecified atom stereocenters. The van der Waals surface area contributed by atoms with Gasteiger partial charge in [0.25, 0.3) is 0 Å². The number of hydrogen-bond acceptors (Lipinski definition) is 3. The van der Waals surface area contributed by atoms with Gasteiger partial charge in [0.1, 0.15) is 11.7 Å². The number of benzene rings is 2. The van der Waals surface area contributed by atoms with Crippen molar-refractivity contribution in [2.24, 2.45) is 0 Å². The average Bonchev–Trinajstić information content (AvgIpc) is 3.49. The van der Waals surface area contributed by atoms with Crippen LogP contribution in [0.1, 0.15) is 45.2 Å². The maximum atomic E-state index is 5.71. The van der Waals surface area contributed by atoms with Gasteiger partial charge in [0.05, 0.1) is 25.2 Å². The highest BCUT2D eigenvalue weighted by Crippen LogP contribution is 2.42. The number of para-hydroxylation sites is 2. The van der Waals surface area contributed by atoms with Crippen LogP contribution in [0.4, 0.5) is 11.4 Å². The lowest BCUT2D eigenvalue weighted by atomic mass is 9.80. The van der Waals surface area contributed by atoms with Crippen molar-refractivity contribution >= 4 is 11.4 Å². The molecule has 2 aromatic carbocycles. The second kappa shape index (κ2) is 9.18. The summed E-state index contributed by atoms with van der Waals surface area (Å²) in [5, 5.41) is 3.59. The van der Waals surface area contributed by atoms with Crippen molar-refractivity contribution in [1.82, 2.24) is 0 Å². The predicted molar refractivity (Wildman–Crippen MR) is 139 cm³/mol. The van der Waals surface area contributed by atoms with Crippen LogP contribution in [0.25, 0.3) is 0 Å². The average molecular weight is 458 g/mol. The second-order valence-electron chi connectivity index (χ2n) is 10.6. The number of anilines is 1. The quantitative estimate of drug-likeness (QED) is 0.598. The lowest BCUT2D eigenvalue weighted by Gasteiger charge is -2.28. The summed E-state index contributed by atoms with van der Waals surface area (Å²) in [5.74, 6) is 0. The Morgan fingerprint density at radius 3 is 2.38 bits per heavy atom. The number of quaternary nitrogens is 1. The fourth-order valence-electron chi connectivity index (χ4n) is 5.81. The first kappa shape index (κ1) is 23.1. The molecule has 0 amide bonds. The topological polar surface area (TPSA) is 34.9 Å². The fraction of sp³-hybridized carbons (Fsp3) is 0.400. The van der Waals surface area contributed by atoms with Crippen LogP contribution in [0.15, 0.2) is 84.6 Å². The van der Waals surface area contributed by atoms with Crippen LogP contribution in [0, 0.1) is 0 Å². The van der Waals surface area contributed by atoms with Crippen LogP contribution in [0.5, 0.6) is 0 Å². The molecule has 178 valence electrons. The molecule has 4 heteroatoms. The monoisotopic (exact) mass is 457 g/mol. The lowest BCUT2D eigenvalue weighted by Crippen LogP contribution is -3.11. The third-order valence-corrected chi connectivity index (χ3v) is 7.79. The molecule has 0 saturated carbocycles. The van der Waals surface area contributed by atoms with E-state index in [4.69, 9.17) is 9.47 Å². The summed E-state index contributed by atoms with van der Waals surface area (Å²) in [6, 6.07) is 17.8. The van der Waals surface area contributed by atoms with E-state index in [0.717, 1.165) is 13.0 Å². The largest absolute Gasteiger partial charge is 0.358 e. The van der Waals surface area contributed by atoms with E-state index in [-0.39, 0.29) is 17.1 Å². The second-order valence-corrected chi connectivity index (χ2v) is 10.6. The van der Waals surface area contributed by atoms with Gasteiger partial charge in [-0.3, -0.25) is 4.90 Å². The maximum absolute atomic E-state index is 5.71. The van der Waals surface area contributed by atoms with E-state index in [9.17, 15) is 0 Å². The third kappa shape index (κ3) is 4.15. The molecule has 2 atom stereocenters. The Morgan fingerprint density at radius 1 is 0.912 bits per heavy atom. The standard InChI is InChI=1S/C30H36N2O2/c1-29(2)22-12-8-10-14-24(22)31-26(29)16-6-5-7-17-27-30(3,4)23-13-9-11-15-25(23)32(27)19-18-28-33-20-21-34-28/h5-17,27-28,31H,18-21H2,1-4H3/p+1. The van der Waals surface area contributed by atoms with Gasteiger partial charge in [-0.05, 0) is 43.7 Å². The zero-order chi connectivity index (χ0) is 23.8. The number of ether oxygens (including phenoxy) is 2. The van der Waals surface area contributed by atoms with E-state index >= 15 is 0 Å². The molecule has 3 aliphatic heterocycles. The summed E-state index contributed by atoms with van der Waals surface area (Å²) in [6.07, 6.45) is 12.0. The predicted octanol–water partition coefficient (Wildman–Crippen LogP) is 5.03. The Kier molecular flexibility index (Phi) is 6.24. The van der Waals surface area contributed by atoms with Crippen molar-refractivity contribution in [2.75, 3.05) is 25.1 Å². The van der Waals surface area contributed by atoms with Crippen LogP contribution in [0.3, 0.4) is 0 Å². The smallest absolute Gasteiger partial charge is 0.163 e. The Bertz CT molecular complexity index is 1120.